The zero-order chi connectivity index (χ0) is 17.4. The Bertz CT molecular complexity index is 568. The van der Waals surface area contributed by atoms with Crippen molar-refractivity contribution in [1.29, 1.82) is 0 Å². The quantitative estimate of drug-likeness (QED) is 0.593. The maximum atomic E-state index is 12.3. The summed E-state index contributed by atoms with van der Waals surface area (Å²) in [5.74, 6) is -0.577. The minimum absolute atomic E-state index is 0.0111. The Morgan fingerprint density at radius 3 is 2.43 bits per heavy atom. The molecule has 0 radical (unpaired) electrons. The molecular formula is C16H20N2O5. The van der Waals surface area contributed by atoms with E-state index in [1.54, 1.807) is 0 Å². The lowest BCUT2D eigenvalue weighted by atomic mass is 9.95. The molecule has 1 heterocycles. The van der Waals surface area contributed by atoms with Gasteiger partial charge in [0.05, 0.1) is 19.4 Å². The zero-order valence-corrected chi connectivity index (χ0v) is 13.0. The molecular weight excluding hydrogens is 300 g/mol. The lowest BCUT2D eigenvalue weighted by Gasteiger charge is -2.26. The fourth-order valence-electron chi connectivity index (χ4n) is 2.58. The van der Waals surface area contributed by atoms with Crippen LogP contribution in [0, 0.1) is 12.8 Å². The molecule has 1 saturated heterocycles. The highest BCUT2D eigenvalue weighted by Gasteiger charge is 2.33. The average Bonchev–Trinajstić information content (AvgIpc) is 3.05. The van der Waals surface area contributed by atoms with Gasteiger partial charge in [-0.3, -0.25) is 9.59 Å². The Hall–Kier alpha value is -2.75. The summed E-state index contributed by atoms with van der Waals surface area (Å²) in [6.07, 6.45) is 10.4. The summed E-state index contributed by atoms with van der Waals surface area (Å²) in [6.45, 7) is 1.44. The minimum atomic E-state index is -0.907. The highest BCUT2D eigenvalue weighted by molar-refractivity contribution is 6.21. The summed E-state index contributed by atoms with van der Waals surface area (Å²) in [4.78, 5) is 37.1. The monoisotopic (exact) mass is 320 g/mol. The van der Waals surface area contributed by atoms with E-state index in [1.165, 1.54) is 13.2 Å². The molecule has 1 amide bonds. The number of allylic oxidation sites excluding steroid dienone is 2. The molecule has 1 fully saturated rings. The number of methoxy groups -OCH3 is 1. The number of nitrogens with zero attached hydrogens (tertiary/aromatic N) is 1. The van der Waals surface area contributed by atoms with Gasteiger partial charge in [0.1, 0.15) is 0 Å². The van der Waals surface area contributed by atoms with Crippen molar-refractivity contribution in [2.75, 3.05) is 26.8 Å². The minimum Gasteiger partial charge on any atom is -0.493 e. The summed E-state index contributed by atoms with van der Waals surface area (Å²) in [6, 6.07) is 0. The zero-order valence-electron chi connectivity index (χ0n) is 13.0. The van der Waals surface area contributed by atoms with E-state index >= 15 is 0 Å². The summed E-state index contributed by atoms with van der Waals surface area (Å²) in [5.41, 5.74) is 5.62. The normalized spacial score (nSPS) is 17.3. The fraction of sp³-hybridized carbons (Fsp3) is 0.438. The Morgan fingerprint density at radius 2 is 1.91 bits per heavy atom. The standard InChI is InChI=1S/C14H18N2O5.C2H2/c1-20-11-8-10(17)12(16-5-2-3-6-16)9(13(11)18)4-7-21-14(15)19;1-2/h8H,2-7H2,1H3,(H2,15,19);1-2H. The molecule has 0 saturated carbocycles. The van der Waals surface area contributed by atoms with Crippen LogP contribution in [0.5, 0.6) is 0 Å². The van der Waals surface area contributed by atoms with Crippen LogP contribution in [0.1, 0.15) is 19.3 Å². The third kappa shape index (κ3) is 4.36. The van der Waals surface area contributed by atoms with Crippen molar-refractivity contribution < 1.29 is 23.9 Å². The molecule has 23 heavy (non-hydrogen) atoms. The van der Waals surface area contributed by atoms with E-state index in [4.69, 9.17) is 10.5 Å². The van der Waals surface area contributed by atoms with Crippen LogP contribution in [-0.2, 0) is 19.1 Å². The molecule has 2 rings (SSSR count). The number of terminal acetylenes is 1. The van der Waals surface area contributed by atoms with Gasteiger partial charge in [-0.25, -0.2) is 4.79 Å². The molecule has 0 spiro atoms. The molecule has 7 heteroatoms. The molecule has 0 atom stereocenters. The van der Waals surface area contributed by atoms with Crippen LogP contribution >= 0.6 is 0 Å². The first-order valence-corrected chi connectivity index (χ1v) is 7.13. The van der Waals surface area contributed by atoms with Gasteiger partial charge in [0, 0.05) is 31.2 Å². The van der Waals surface area contributed by atoms with Gasteiger partial charge in [-0.1, -0.05) is 0 Å². The molecule has 1 aliphatic heterocycles. The topological polar surface area (TPSA) is 98.9 Å². The van der Waals surface area contributed by atoms with E-state index in [9.17, 15) is 14.4 Å². The van der Waals surface area contributed by atoms with E-state index in [0.717, 1.165) is 25.9 Å². The van der Waals surface area contributed by atoms with Gasteiger partial charge in [0.15, 0.2) is 5.76 Å². The van der Waals surface area contributed by atoms with Gasteiger partial charge in [0.25, 0.3) is 0 Å². The first-order valence-electron chi connectivity index (χ1n) is 7.13. The van der Waals surface area contributed by atoms with E-state index < -0.39 is 6.09 Å². The van der Waals surface area contributed by atoms with Crippen LogP contribution in [0.25, 0.3) is 0 Å². The van der Waals surface area contributed by atoms with Crippen LogP contribution in [-0.4, -0.2) is 49.4 Å². The number of hydrogen-bond donors (Lipinski definition) is 1. The number of Topliss-reactive ketones (excluding diaryl/α,β-unsaturated/α-hetero) is 1. The number of carbonyl (C=O) groups excluding carboxylic acids is 3. The van der Waals surface area contributed by atoms with Crippen molar-refractivity contribution in [3.63, 3.8) is 0 Å². The third-order valence-corrected chi connectivity index (χ3v) is 3.52. The number of ether oxygens (including phenoxy) is 2. The molecule has 124 valence electrons. The molecule has 0 bridgehead atoms. The number of carbonyl (C=O) groups is 3. The lowest BCUT2D eigenvalue weighted by Crippen LogP contribution is -2.32. The molecule has 1 aliphatic carbocycles. The van der Waals surface area contributed by atoms with Crippen molar-refractivity contribution in [1.82, 2.24) is 4.90 Å². The van der Waals surface area contributed by atoms with Crippen LogP contribution in [0.3, 0.4) is 0 Å². The predicted octanol–water partition coefficient (Wildman–Crippen LogP) is 0.753. The summed E-state index contributed by atoms with van der Waals surface area (Å²) < 4.78 is 9.62. The van der Waals surface area contributed by atoms with Gasteiger partial charge < -0.3 is 20.1 Å². The second kappa shape index (κ2) is 8.63. The molecule has 2 N–H and O–H groups in total. The molecule has 0 aromatic carbocycles. The average molecular weight is 320 g/mol. The maximum absolute atomic E-state index is 12.3. The number of rotatable bonds is 5. The van der Waals surface area contributed by atoms with Gasteiger partial charge in [-0.05, 0) is 12.8 Å². The van der Waals surface area contributed by atoms with Crippen LogP contribution in [0.4, 0.5) is 4.79 Å². The Kier molecular flexibility index (Phi) is 6.87. The van der Waals surface area contributed by atoms with E-state index in [0.29, 0.717) is 11.3 Å². The number of ketones is 2. The number of nitrogens with two attached hydrogens (primary N) is 1. The van der Waals surface area contributed by atoms with Gasteiger partial charge in [-0.2, -0.15) is 0 Å². The predicted molar refractivity (Wildman–Crippen MR) is 83.0 cm³/mol. The largest absolute Gasteiger partial charge is 0.493 e. The van der Waals surface area contributed by atoms with Gasteiger partial charge in [0.2, 0.25) is 11.6 Å². The lowest BCUT2D eigenvalue weighted by molar-refractivity contribution is -0.119. The van der Waals surface area contributed by atoms with Crippen LogP contribution in [0.2, 0.25) is 0 Å². The fourth-order valence-corrected chi connectivity index (χ4v) is 2.58. The highest BCUT2D eigenvalue weighted by atomic mass is 16.5. The van der Waals surface area contributed by atoms with Crippen LogP contribution < -0.4 is 5.73 Å². The highest BCUT2D eigenvalue weighted by Crippen LogP contribution is 2.27. The second-order valence-corrected chi connectivity index (χ2v) is 4.84. The first kappa shape index (κ1) is 18.3. The molecule has 0 aromatic heterocycles. The van der Waals surface area contributed by atoms with Crippen molar-refractivity contribution in [2.45, 2.75) is 19.3 Å². The number of amides is 1. The van der Waals surface area contributed by atoms with Crippen molar-refractivity contribution in [2.24, 2.45) is 5.73 Å². The number of primary amides is 1. The second-order valence-electron chi connectivity index (χ2n) is 4.84. The van der Waals surface area contributed by atoms with Gasteiger partial charge >= 0.3 is 6.09 Å². The summed E-state index contributed by atoms with van der Waals surface area (Å²) in [5, 5.41) is 0. The molecule has 0 aromatic rings. The first-order chi connectivity index (χ1) is 11.0. The maximum Gasteiger partial charge on any atom is 0.404 e. The molecule has 2 aliphatic rings. The number of hydrogen-bond acceptors (Lipinski definition) is 6. The van der Waals surface area contributed by atoms with E-state index in [1.807, 2.05) is 4.90 Å². The Morgan fingerprint density at radius 1 is 1.30 bits per heavy atom. The van der Waals surface area contributed by atoms with Crippen molar-refractivity contribution in [3.05, 3.63) is 23.1 Å². The molecule has 7 nitrogen and oxygen atoms in total. The Balaban J connectivity index is 0.00000127. The van der Waals surface area contributed by atoms with Crippen molar-refractivity contribution in [3.8, 4) is 12.8 Å². The number of likely N-dealkylation sites (tertiary alicyclic amines) is 1. The summed E-state index contributed by atoms with van der Waals surface area (Å²) >= 11 is 0. The SMILES string of the molecule is C#C.COC1=CC(=O)C(N2CCCC2)=C(CCOC(N)=O)C1=O. The van der Waals surface area contributed by atoms with Crippen molar-refractivity contribution >= 4 is 17.7 Å². The summed E-state index contributed by atoms with van der Waals surface area (Å²) in [7, 11) is 1.34. The smallest absolute Gasteiger partial charge is 0.404 e. The van der Waals surface area contributed by atoms with E-state index in [2.05, 4.69) is 17.6 Å². The Labute approximate surface area is 135 Å². The van der Waals surface area contributed by atoms with E-state index in [-0.39, 0.29) is 30.4 Å². The van der Waals surface area contributed by atoms with Gasteiger partial charge in [-0.15, -0.1) is 12.8 Å². The van der Waals surface area contributed by atoms with Crippen LogP contribution in [0.15, 0.2) is 23.1 Å². The third-order valence-electron chi connectivity index (χ3n) is 3.52. The molecule has 0 unspecified atom stereocenters.